The van der Waals surface area contributed by atoms with E-state index in [1.54, 1.807) is 5.38 Å². The lowest BCUT2D eigenvalue weighted by atomic mass is 9.90. The van der Waals surface area contributed by atoms with Crippen molar-refractivity contribution in [1.82, 2.24) is 4.98 Å². The average Bonchev–Trinajstić information content (AvgIpc) is 2.48. The third-order valence-electron chi connectivity index (χ3n) is 1.94. The number of hydrogen-bond donors (Lipinski definition) is 1. The summed E-state index contributed by atoms with van der Waals surface area (Å²) in [5.41, 5.74) is 0.194. The zero-order valence-corrected chi connectivity index (χ0v) is 9.68. The lowest BCUT2D eigenvalue weighted by Crippen LogP contribution is -2.17. The van der Waals surface area contributed by atoms with Crippen molar-refractivity contribution in [3.8, 4) is 0 Å². The number of nitrogens with zero attached hydrogens (tertiary/aromatic N) is 1. The van der Waals surface area contributed by atoms with Crippen molar-refractivity contribution in [2.75, 3.05) is 0 Å². The fraction of sp³-hybridized carbons (Fsp3) is 0.600. The van der Waals surface area contributed by atoms with Crippen LogP contribution in [-0.2, 0) is 0 Å². The largest absolute Gasteiger partial charge is 0.385 e. The molecule has 0 aliphatic carbocycles. The SMILES string of the molecule is CC(=O)c1csc(C(O)C(C)(C)C)n1. The number of carbonyl (C=O) groups is 1. The predicted octanol–water partition coefficient (Wildman–Crippen LogP) is 2.43. The van der Waals surface area contributed by atoms with Crippen LogP contribution in [0.3, 0.4) is 0 Å². The summed E-state index contributed by atoms with van der Waals surface area (Å²) in [6, 6.07) is 0. The number of rotatable bonds is 2. The van der Waals surface area contributed by atoms with E-state index in [2.05, 4.69) is 4.98 Å². The maximum atomic E-state index is 11.0. The first-order valence-corrected chi connectivity index (χ1v) is 5.35. The van der Waals surface area contributed by atoms with Crippen molar-refractivity contribution in [1.29, 1.82) is 0 Å². The Kier molecular flexibility index (Phi) is 3.07. The van der Waals surface area contributed by atoms with Crippen molar-refractivity contribution < 1.29 is 9.90 Å². The molecule has 0 fully saturated rings. The van der Waals surface area contributed by atoms with Crippen LogP contribution in [0.25, 0.3) is 0 Å². The van der Waals surface area contributed by atoms with Gasteiger partial charge in [-0.15, -0.1) is 11.3 Å². The molecule has 0 aliphatic rings. The fourth-order valence-corrected chi connectivity index (χ4v) is 2.03. The molecule has 0 bridgehead atoms. The molecule has 1 aromatic rings. The van der Waals surface area contributed by atoms with Crippen molar-refractivity contribution in [2.45, 2.75) is 33.8 Å². The molecular weight excluding hydrogens is 198 g/mol. The Balaban J connectivity index is 2.92. The quantitative estimate of drug-likeness (QED) is 0.767. The first-order valence-electron chi connectivity index (χ1n) is 4.47. The summed E-state index contributed by atoms with van der Waals surface area (Å²) in [7, 11) is 0. The number of thiazole rings is 1. The maximum Gasteiger partial charge on any atom is 0.178 e. The molecule has 3 nitrogen and oxygen atoms in total. The van der Waals surface area contributed by atoms with Gasteiger partial charge < -0.3 is 5.11 Å². The van der Waals surface area contributed by atoms with Gasteiger partial charge >= 0.3 is 0 Å². The molecule has 1 atom stereocenters. The van der Waals surface area contributed by atoms with Crippen LogP contribution in [0, 0.1) is 5.41 Å². The van der Waals surface area contributed by atoms with Crippen LogP contribution in [0.4, 0.5) is 0 Å². The molecule has 1 rings (SSSR count). The zero-order chi connectivity index (χ0) is 10.9. The van der Waals surface area contributed by atoms with Crippen LogP contribution in [0.1, 0.15) is 49.3 Å². The maximum absolute atomic E-state index is 11.0. The minimum atomic E-state index is -0.611. The van der Waals surface area contributed by atoms with E-state index in [1.807, 2.05) is 20.8 Å². The average molecular weight is 213 g/mol. The zero-order valence-electron chi connectivity index (χ0n) is 8.87. The summed E-state index contributed by atoms with van der Waals surface area (Å²) in [4.78, 5) is 15.1. The van der Waals surface area contributed by atoms with Crippen LogP contribution >= 0.6 is 11.3 Å². The van der Waals surface area contributed by atoms with Gasteiger partial charge in [-0.2, -0.15) is 0 Å². The topological polar surface area (TPSA) is 50.2 Å². The molecule has 1 N–H and O–H groups in total. The molecule has 0 saturated heterocycles. The summed E-state index contributed by atoms with van der Waals surface area (Å²) >= 11 is 1.33. The highest BCUT2D eigenvalue weighted by Crippen LogP contribution is 2.33. The normalized spacial score (nSPS) is 14.1. The van der Waals surface area contributed by atoms with E-state index in [0.717, 1.165) is 0 Å². The van der Waals surface area contributed by atoms with Gasteiger partial charge in [0, 0.05) is 12.3 Å². The van der Waals surface area contributed by atoms with Crippen LogP contribution < -0.4 is 0 Å². The van der Waals surface area contributed by atoms with E-state index in [4.69, 9.17) is 0 Å². The van der Waals surface area contributed by atoms with E-state index in [1.165, 1.54) is 18.3 Å². The Morgan fingerprint density at radius 2 is 2.14 bits per heavy atom. The van der Waals surface area contributed by atoms with Crippen molar-refractivity contribution in [2.24, 2.45) is 5.41 Å². The van der Waals surface area contributed by atoms with Crippen LogP contribution in [0.2, 0.25) is 0 Å². The Bertz CT molecular complexity index is 338. The minimum Gasteiger partial charge on any atom is -0.385 e. The second-order valence-corrected chi connectivity index (χ2v) is 5.29. The van der Waals surface area contributed by atoms with E-state index < -0.39 is 6.10 Å². The number of aliphatic hydroxyl groups is 1. The summed E-state index contributed by atoms with van der Waals surface area (Å²) in [5, 5.41) is 12.2. The van der Waals surface area contributed by atoms with Gasteiger partial charge in [-0.05, 0) is 5.41 Å². The van der Waals surface area contributed by atoms with Gasteiger partial charge in [0.25, 0.3) is 0 Å². The predicted molar refractivity (Wildman–Crippen MR) is 56.5 cm³/mol. The highest BCUT2D eigenvalue weighted by molar-refractivity contribution is 7.09. The summed E-state index contributed by atoms with van der Waals surface area (Å²) in [5.74, 6) is -0.0615. The van der Waals surface area contributed by atoms with E-state index >= 15 is 0 Å². The second kappa shape index (κ2) is 3.79. The first-order chi connectivity index (χ1) is 6.32. The van der Waals surface area contributed by atoms with Crippen LogP contribution in [0.5, 0.6) is 0 Å². The van der Waals surface area contributed by atoms with Gasteiger partial charge in [0.2, 0.25) is 0 Å². The second-order valence-electron chi connectivity index (χ2n) is 4.40. The Morgan fingerprint density at radius 1 is 1.57 bits per heavy atom. The van der Waals surface area contributed by atoms with Gasteiger partial charge in [0.15, 0.2) is 5.78 Å². The third-order valence-corrected chi connectivity index (χ3v) is 2.83. The number of aliphatic hydroxyl groups excluding tert-OH is 1. The van der Waals surface area contributed by atoms with Gasteiger partial charge in [-0.25, -0.2) is 4.98 Å². The van der Waals surface area contributed by atoms with Gasteiger partial charge in [-0.1, -0.05) is 20.8 Å². The molecule has 1 unspecified atom stereocenters. The number of Topliss-reactive ketones (excluding diaryl/α,β-unsaturated/α-hetero) is 1. The molecule has 0 aromatic carbocycles. The summed E-state index contributed by atoms with van der Waals surface area (Å²) in [6.07, 6.45) is -0.611. The molecule has 78 valence electrons. The summed E-state index contributed by atoms with van der Waals surface area (Å²) in [6.45, 7) is 7.29. The van der Waals surface area contributed by atoms with E-state index in [0.29, 0.717) is 10.7 Å². The molecular formula is C10H15NO2S. The van der Waals surface area contributed by atoms with Crippen molar-refractivity contribution in [3.05, 3.63) is 16.1 Å². The van der Waals surface area contributed by atoms with Crippen molar-refractivity contribution >= 4 is 17.1 Å². The highest BCUT2D eigenvalue weighted by Gasteiger charge is 2.26. The molecule has 0 amide bonds. The minimum absolute atomic E-state index is 0.0615. The van der Waals surface area contributed by atoms with Gasteiger partial charge in [0.05, 0.1) is 0 Å². The number of aromatic nitrogens is 1. The monoisotopic (exact) mass is 213 g/mol. The standard InChI is InChI=1S/C10H15NO2S/c1-6(12)7-5-14-9(11-7)8(13)10(2,3)4/h5,8,13H,1-4H3. The van der Waals surface area contributed by atoms with E-state index in [-0.39, 0.29) is 11.2 Å². The Morgan fingerprint density at radius 3 is 2.50 bits per heavy atom. The molecule has 1 heterocycles. The highest BCUT2D eigenvalue weighted by atomic mass is 32.1. The molecule has 0 aliphatic heterocycles. The fourth-order valence-electron chi connectivity index (χ4n) is 0.945. The smallest absolute Gasteiger partial charge is 0.178 e. The molecule has 0 saturated carbocycles. The van der Waals surface area contributed by atoms with Crippen LogP contribution in [0.15, 0.2) is 5.38 Å². The third kappa shape index (κ3) is 2.39. The lowest BCUT2D eigenvalue weighted by Gasteiger charge is -2.23. The van der Waals surface area contributed by atoms with Gasteiger partial charge in [0.1, 0.15) is 16.8 Å². The Labute approximate surface area is 87.8 Å². The van der Waals surface area contributed by atoms with Crippen molar-refractivity contribution in [3.63, 3.8) is 0 Å². The molecule has 0 spiro atoms. The molecule has 0 radical (unpaired) electrons. The van der Waals surface area contributed by atoms with E-state index in [9.17, 15) is 9.90 Å². The molecule has 4 heteroatoms. The molecule has 1 aromatic heterocycles. The lowest BCUT2D eigenvalue weighted by molar-refractivity contribution is 0.0622. The first kappa shape index (κ1) is 11.3. The Hall–Kier alpha value is -0.740. The molecule has 14 heavy (non-hydrogen) atoms. The summed E-state index contributed by atoms with van der Waals surface area (Å²) < 4.78 is 0. The number of carbonyl (C=O) groups excluding carboxylic acids is 1. The number of hydrogen-bond acceptors (Lipinski definition) is 4. The van der Waals surface area contributed by atoms with Gasteiger partial charge in [-0.3, -0.25) is 4.79 Å². The van der Waals surface area contributed by atoms with Crippen LogP contribution in [-0.4, -0.2) is 15.9 Å². The number of ketones is 1.